The fourth-order valence-electron chi connectivity index (χ4n) is 6.27. The van der Waals surface area contributed by atoms with Gasteiger partial charge in [0, 0.05) is 17.5 Å². The zero-order valence-corrected chi connectivity index (χ0v) is 27.9. The van der Waals surface area contributed by atoms with Crippen molar-refractivity contribution in [3.8, 4) is 0 Å². The summed E-state index contributed by atoms with van der Waals surface area (Å²) in [6.45, 7) is 10.5. The number of aryl methyl sites for hydroxylation is 4. The fraction of sp³-hybridized carbons (Fsp3) is 0.342. The number of hydrogen-bond acceptors (Lipinski definition) is 6. The minimum atomic E-state index is -1.36. The summed E-state index contributed by atoms with van der Waals surface area (Å²) in [7, 11) is -1.36. The second kappa shape index (κ2) is 14.6. The number of carbonyl (C=O) groups excluding carboxylic acids is 1. The molecule has 2 aliphatic rings. The van der Waals surface area contributed by atoms with Crippen LogP contribution in [0.1, 0.15) is 46.4 Å². The van der Waals surface area contributed by atoms with Gasteiger partial charge in [-0.3, -0.25) is 4.79 Å². The van der Waals surface area contributed by atoms with Crippen LogP contribution < -0.4 is 15.9 Å². The van der Waals surface area contributed by atoms with Gasteiger partial charge >= 0.3 is 0 Å². The predicted molar refractivity (Wildman–Crippen MR) is 180 cm³/mol. The van der Waals surface area contributed by atoms with E-state index in [-0.39, 0.29) is 12.0 Å². The molecule has 0 spiro atoms. The number of amides is 1. The molecule has 46 heavy (non-hydrogen) atoms. The quantitative estimate of drug-likeness (QED) is 0.220. The number of carbonyl (C=O) groups is 1. The molecule has 4 aromatic carbocycles. The van der Waals surface area contributed by atoms with Crippen molar-refractivity contribution in [1.29, 1.82) is 0 Å². The van der Waals surface area contributed by atoms with Gasteiger partial charge in [-0.05, 0) is 63.1 Å². The number of benzene rings is 4. The number of nitrogens with one attached hydrogen (secondary N) is 1. The molecule has 2 aliphatic heterocycles. The lowest BCUT2D eigenvalue weighted by Crippen LogP contribution is -2.67. The number of ether oxygens (including phenoxy) is 4. The molecule has 7 nitrogen and oxygen atoms in total. The maximum atomic E-state index is 12.8. The van der Waals surface area contributed by atoms with E-state index < -0.39 is 39.0 Å². The largest absolute Gasteiger partial charge is 0.360 e. The second-order valence-corrected chi connectivity index (χ2v) is 14.1. The number of rotatable bonds is 9. The summed E-state index contributed by atoms with van der Waals surface area (Å²) in [5.74, 6) is -0.215. The molecular weight excluding hydrogens is 597 g/mol. The van der Waals surface area contributed by atoms with Gasteiger partial charge in [-0.1, -0.05) is 95.1 Å². The van der Waals surface area contributed by atoms with E-state index in [0.717, 1.165) is 44.0 Å². The lowest BCUT2D eigenvalue weighted by Gasteiger charge is -2.49. The summed E-state index contributed by atoms with van der Waals surface area (Å²) in [6, 6.07) is 32.3. The SMILES string of the molecule is CC(=O)NC1C(OCc2ccccc2)OC2OCC(c3ccccc3)OC2C1OP(c1cc(C)cc(C)c1)c1cc(C)cc(C)c1. The zero-order valence-electron chi connectivity index (χ0n) is 27.0. The first-order valence-electron chi connectivity index (χ1n) is 15.8. The first-order valence-corrected chi connectivity index (χ1v) is 17.0. The summed E-state index contributed by atoms with van der Waals surface area (Å²) < 4.78 is 33.3. The summed E-state index contributed by atoms with van der Waals surface area (Å²) in [4.78, 5) is 12.8. The molecule has 0 radical (unpaired) electrons. The van der Waals surface area contributed by atoms with Crippen molar-refractivity contribution in [2.45, 2.75) is 78.2 Å². The van der Waals surface area contributed by atoms with Crippen LogP contribution in [0.3, 0.4) is 0 Å². The van der Waals surface area contributed by atoms with Crippen LogP contribution in [-0.4, -0.2) is 43.3 Å². The topological polar surface area (TPSA) is 75.3 Å². The summed E-state index contributed by atoms with van der Waals surface area (Å²) in [5, 5.41) is 5.29. The highest BCUT2D eigenvalue weighted by Crippen LogP contribution is 2.44. The number of fused-ring (bicyclic) bond motifs is 1. The summed E-state index contributed by atoms with van der Waals surface area (Å²) >= 11 is 0. The first kappa shape index (κ1) is 32.5. The zero-order chi connectivity index (χ0) is 32.2. The first-order chi connectivity index (χ1) is 22.2. The Hall–Kier alpha value is -3.42. The van der Waals surface area contributed by atoms with E-state index in [0.29, 0.717) is 13.2 Å². The van der Waals surface area contributed by atoms with Crippen LogP contribution in [0, 0.1) is 27.7 Å². The van der Waals surface area contributed by atoms with Crippen molar-refractivity contribution in [2.75, 3.05) is 6.61 Å². The summed E-state index contributed by atoms with van der Waals surface area (Å²) in [6.07, 6.45) is -3.24. The number of hydrogen-bond donors (Lipinski definition) is 1. The Morgan fingerprint density at radius 1 is 0.804 bits per heavy atom. The molecule has 6 unspecified atom stereocenters. The minimum Gasteiger partial charge on any atom is -0.360 e. The molecule has 0 aromatic heterocycles. The van der Waals surface area contributed by atoms with E-state index in [4.69, 9.17) is 23.5 Å². The Morgan fingerprint density at radius 2 is 1.37 bits per heavy atom. The maximum Gasteiger partial charge on any atom is 0.217 e. The molecule has 1 N–H and O–H groups in total. The van der Waals surface area contributed by atoms with Crippen LogP contribution in [-0.2, 0) is 34.9 Å². The molecule has 6 rings (SSSR count). The molecular formula is C38H42NO6P. The smallest absolute Gasteiger partial charge is 0.217 e. The van der Waals surface area contributed by atoms with E-state index in [1.807, 2.05) is 60.7 Å². The predicted octanol–water partition coefficient (Wildman–Crippen LogP) is 6.21. The third kappa shape index (κ3) is 7.75. The highest BCUT2D eigenvalue weighted by molar-refractivity contribution is 7.68. The normalized spacial score (nSPS) is 24.4. The van der Waals surface area contributed by atoms with Crippen LogP contribution in [0.15, 0.2) is 97.1 Å². The molecule has 6 atom stereocenters. The van der Waals surface area contributed by atoms with Gasteiger partial charge in [0.05, 0.1) is 21.4 Å². The van der Waals surface area contributed by atoms with E-state index in [1.165, 1.54) is 6.92 Å². The van der Waals surface area contributed by atoms with E-state index in [1.54, 1.807) is 0 Å². The third-order valence-corrected chi connectivity index (χ3v) is 10.1. The third-order valence-electron chi connectivity index (χ3n) is 8.15. The molecule has 240 valence electrons. The summed E-state index contributed by atoms with van der Waals surface area (Å²) in [5.41, 5.74) is 6.62. The standard InChI is InChI=1S/C38H42NO6P/c1-24-16-25(2)19-31(18-24)46(32-20-26(3)17-27(4)21-32)45-35-34(39-28(5)40)37(41-22-29-12-8-6-9-13-29)44-38-36(35)43-33(23-42-38)30-14-10-7-11-15-30/h6-21,33-38H,22-23H2,1-5H3,(H,39,40). The van der Waals surface area contributed by atoms with Gasteiger partial charge in [0.2, 0.25) is 5.91 Å². The minimum absolute atomic E-state index is 0.215. The Bertz CT molecular complexity index is 1540. The Kier molecular flexibility index (Phi) is 10.3. The van der Waals surface area contributed by atoms with Gasteiger partial charge < -0.3 is 28.8 Å². The van der Waals surface area contributed by atoms with Crippen LogP contribution in [0.2, 0.25) is 0 Å². The monoisotopic (exact) mass is 639 g/mol. The molecule has 0 aliphatic carbocycles. The lowest BCUT2D eigenvalue weighted by atomic mass is 9.98. The molecule has 8 heteroatoms. The molecule has 0 bridgehead atoms. The van der Waals surface area contributed by atoms with Crippen LogP contribution in [0.25, 0.3) is 0 Å². The molecule has 2 heterocycles. The lowest BCUT2D eigenvalue weighted by molar-refractivity contribution is -0.366. The highest BCUT2D eigenvalue weighted by Gasteiger charge is 2.53. The van der Waals surface area contributed by atoms with Crippen molar-refractivity contribution >= 4 is 24.7 Å². The van der Waals surface area contributed by atoms with Crippen molar-refractivity contribution in [3.63, 3.8) is 0 Å². The Balaban J connectivity index is 1.42. The van der Waals surface area contributed by atoms with Crippen molar-refractivity contribution in [1.82, 2.24) is 5.32 Å². The average Bonchev–Trinajstić information content (AvgIpc) is 3.03. The van der Waals surface area contributed by atoms with Crippen molar-refractivity contribution in [2.24, 2.45) is 0 Å². The fourth-order valence-corrected chi connectivity index (χ4v) is 8.59. The van der Waals surface area contributed by atoms with Gasteiger partial charge in [-0.2, -0.15) is 0 Å². The second-order valence-electron chi connectivity index (χ2n) is 12.3. The van der Waals surface area contributed by atoms with E-state index in [2.05, 4.69) is 69.4 Å². The van der Waals surface area contributed by atoms with Crippen molar-refractivity contribution in [3.05, 3.63) is 130 Å². The average molecular weight is 640 g/mol. The van der Waals surface area contributed by atoms with Crippen LogP contribution in [0.4, 0.5) is 0 Å². The molecule has 4 aromatic rings. The van der Waals surface area contributed by atoms with Crippen LogP contribution in [0.5, 0.6) is 0 Å². The van der Waals surface area contributed by atoms with E-state index in [9.17, 15) is 4.79 Å². The molecule has 0 saturated carbocycles. The molecule has 1 amide bonds. The van der Waals surface area contributed by atoms with Gasteiger partial charge in [0.25, 0.3) is 0 Å². The maximum absolute atomic E-state index is 12.8. The Labute approximate surface area is 273 Å². The van der Waals surface area contributed by atoms with Gasteiger partial charge in [0.1, 0.15) is 24.4 Å². The van der Waals surface area contributed by atoms with E-state index >= 15 is 0 Å². The highest BCUT2D eigenvalue weighted by atomic mass is 31.1. The molecule has 2 saturated heterocycles. The van der Waals surface area contributed by atoms with Crippen LogP contribution >= 0.6 is 8.15 Å². The van der Waals surface area contributed by atoms with Gasteiger partial charge in [-0.15, -0.1) is 0 Å². The van der Waals surface area contributed by atoms with Gasteiger partial charge in [0.15, 0.2) is 12.6 Å². The van der Waals surface area contributed by atoms with Crippen molar-refractivity contribution < 1.29 is 28.3 Å². The van der Waals surface area contributed by atoms with Gasteiger partial charge in [-0.25, -0.2) is 0 Å². The Morgan fingerprint density at radius 3 is 1.93 bits per heavy atom. The molecule has 2 fully saturated rings.